The first-order valence-corrected chi connectivity index (χ1v) is 9.50. The summed E-state index contributed by atoms with van der Waals surface area (Å²) in [5.74, 6) is 0. The lowest BCUT2D eigenvalue weighted by molar-refractivity contribution is 0.676. The van der Waals surface area contributed by atoms with Gasteiger partial charge in [0.1, 0.15) is 0 Å². The third kappa shape index (κ3) is 3.63. The fourth-order valence-corrected chi connectivity index (χ4v) is 3.96. The second-order valence-electron chi connectivity index (χ2n) is 6.38. The van der Waals surface area contributed by atoms with Crippen LogP contribution >= 0.6 is 34.8 Å². The molecule has 0 spiro atoms. The molecule has 0 aliphatic heterocycles. The Bertz CT molecular complexity index is 1070. The normalized spacial score (nSPS) is 12.3. The van der Waals surface area contributed by atoms with Crippen molar-refractivity contribution in [3.63, 3.8) is 0 Å². The van der Waals surface area contributed by atoms with Crippen LogP contribution in [0.15, 0.2) is 73.6 Å². The van der Waals surface area contributed by atoms with Crippen LogP contribution in [0.25, 0.3) is 11.1 Å². The van der Waals surface area contributed by atoms with Crippen LogP contribution in [0.1, 0.15) is 17.2 Å². The molecule has 0 bridgehead atoms. The Morgan fingerprint density at radius 3 is 2.30 bits per heavy atom. The molecule has 0 saturated carbocycles. The average Bonchev–Trinajstić information content (AvgIpc) is 3.28. The Morgan fingerprint density at radius 2 is 1.63 bits per heavy atom. The van der Waals surface area contributed by atoms with Crippen LogP contribution in [0, 0.1) is 0 Å². The zero-order valence-electron chi connectivity index (χ0n) is 14.5. The molecule has 3 nitrogen and oxygen atoms in total. The fourth-order valence-electron chi connectivity index (χ4n) is 3.33. The number of imidazole rings is 1. The molecule has 4 aromatic rings. The molecule has 0 amide bonds. The van der Waals surface area contributed by atoms with Crippen molar-refractivity contribution in [1.82, 2.24) is 14.1 Å². The minimum atomic E-state index is -0.135. The first-order valence-electron chi connectivity index (χ1n) is 8.37. The summed E-state index contributed by atoms with van der Waals surface area (Å²) in [7, 11) is 2.01. The Labute approximate surface area is 172 Å². The Balaban J connectivity index is 1.93. The van der Waals surface area contributed by atoms with Gasteiger partial charge in [-0.25, -0.2) is 4.98 Å². The van der Waals surface area contributed by atoms with Crippen LogP contribution in [-0.4, -0.2) is 14.1 Å². The van der Waals surface area contributed by atoms with Gasteiger partial charge in [-0.2, -0.15) is 0 Å². The standard InChI is InChI=1S/C21H16Cl3N3/c1-26-11-18(14-2-4-15(22)5-3-14)19(12-26)21(27-9-8-25-13-27)17-7-6-16(23)10-20(17)24/h2-13,21H,1H3/t21-/m0/s1. The van der Waals surface area contributed by atoms with Crippen molar-refractivity contribution >= 4 is 34.8 Å². The largest absolute Gasteiger partial charge is 0.356 e. The van der Waals surface area contributed by atoms with Crippen LogP contribution in [-0.2, 0) is 7.05 Å². The number of benzene rings is 2. The number of aromatic nitrogens is 3. The van der Waals surface area contributed by atoms with Crippen molar-refractivity contribution in [2.24, 2.45) is 7.05 Å². The number of nitrogens with zero attached hydrogens (tertiary/aromatic N) is 3. The van der Waals surface area contributed by atoms with Gasteiger partial charge in [-0.3, -0.25) is 0 Å². The molecule has 0 aliphatic carbocycles. The number of hydrogen-bond acceptors (Lipinski definition) is 1. The maximum Gasteiger partial charge on any atom is 0.0954 e. The van der Waals surface area contributed by atoms with E-state index in [1.54, 1.807) is 18.6 Å². The van der Waals surface area contributed by atoms with Crippen LogP contribution < -0.4 is 0 Å². The van der Waals surface area contributed by atoms with Gasteiger partial charge in [-0.1, -0.05) is 53.0 Å². The minimum absolute atomic E-state index is 0.135. The number of hydrogen-bond donors (Lipinski definition) is 0. The Hall–Kier alpha value is -2.20. The van der Waals surface area contributed by atoms with E-state index in [2.05, 4.69) is 17.4 Å². The molecule has 0 fully saturated rings. The summed E-state index contributed by atoms with van der Waals surface area (Å²) >= 11 is 18.8. The van der Waals surface area contributed by atoms with Gasteiger partial charge in [0.05, 0.1) is 12.4 Å². The first kappa shape index (κ1) is 18.2. The lowest BCUT2D eigenvalue weighted by Gasteiger charge is -2.21. The quantitative estimate of drug-likeness (QED) is 0.373. The van der Waals surface area contributed by atoms with Crippen LogP contribution in [0.2, 0.25) is 15.1 Å². The molecule has 6 heteroatoms. The molecular weight excluding hydrogens is 401 g/mol. The molecule has 136 valence electrons. The monoisotopic (exact) mass is 415 g/mol. The lowest BCUT2D eigenvalue weighted by Crippen LogP contribution is -2.11. The van der Waals surface area contributed by atoms with E-state index in [0.29, 0.717) is 15.1 Å². The second-order valence-corrected chi connectivity index (χ2v) is 7.66. The SMILES string of the molecule is Cn1cc(-c2ccc(Cl)cc2)c([C@H](c2ccc(Cl)cc2Cl)n2ccnc2)c1. The molecule has 0 saturated heterocycles. The smallest absolute Gasteiger partial charge is 0.0954 e. The topological polar surface area (TPSA) is 22.8 Å². The molecule has 4 rings (SSSR count). The molecule has 0 unspecified atom stereocenters. The molecule has 2 aromatic carbocycles. The van der Waals surface area contributed by atoms with Gasteiger partial charge in [0, 0.05) is 58.0 Å². The van der Waals surface area contributed by atoms with E-state index in [9.17, 15) is 0 Å². The average molecular weight is 417 g/mol. The summed E-state index contributed by atoms with van der Waals surface area (Å²) in [5, 5.41) is 1.94. The Kier molecular flexibility index (Phi) is 5.00. The lowest BCUT2D eigenvalue weighted by atomic mass is 9.94. The highest BCUT2D eigenvalue weighted by atomic mass is 35.5. The predicted octanol–water partition coefficient (Wildman–Crippen LogP) is 6.49. The second kappa shape index (κ2) is 7.43. The summed E-state index contributed by atoms with van der Waals surface area (Å²) in [6.07, 6.45) is 9.72. The molecule has 1 atom stereocenters. The highest BCUT2D eigenvalue weighted by molar-refractivity contribution is 6.35. The number of halogens is 3. The maximum absolute atomic E-state index is 6.57. The van der Waals surface area contributed by atoms with Gasteiger partial charge < -0.3 is 9.13 Å². The van der Waals surface area contributed by atoms with Crippen LogP contribution in [0.5, 0.6) is 0 Å². The molecule has 27 heavy (non-hydrogen) atoms. The number of aryl methyl sites for hydroxylation is 1. The predicted molar refractivity (Wildman–Crippen MR) is 112 cm³/mol. The third-order valence-corrected chi connectivity index (χ3v) is 5.33. The van der Waals surface area contributed by atoms with E-state index in [1.807, 2.05) is 58.8 Å². The highest BCUT2D eigenvalue weighted by Gasteiger charge is 2.24. The fraction of sp³-hybridized carbons (Fsp3) is 0.0952. The van der Waals surface area contributed by atoms with Gasteiger partial charge in [-0.15, -0.1) is 0 Å². The number of rotatable bonds is 4. The molecule has 2 heterocycles. The van der Waals surface area contributed by atoms with Crippen molar-refractivity contribution in [3.8, 4) is 11.1 Å². The van der Waals surface area contributed by atoms with E-state index in [-0.39, 0.29) is 6.04 Å². The highest BCUT2D eigenvalue weighted by Crippen LogP contribution is 2.38. The van der Waals surface area contributed by atoms with Gasteiger partial charge in [0.15, 0.2) is 0 Å². The van der Waals surface area contributed by atoms with E-state index >= 15 is 0 Å². The molecule has 0 radical (unpaired) electrons. The Morgan fingerprint density at radius 1 is 0.889 bits per heavy atom. The summed E-state index contributed by atoms with van der Waals surface area (Å²) in [4.78, 5) is 4.23. The van der Waals surface area contributed by atoms with Gasteiger partial charge in [-0.05, 0) is 35.4 Å². The zero-order chi connectivity index (χ0) is 19.0. The zero-order valence-corrected chi connectivity index (χ0v) is 16.7. The van der Waals surface area contributed by atoms with E-state index in [4.69, 9.17) is 34.8 Å². The van der Waals surface area contributed by atoms with Crippen molar-refractivity contribution in [2.45, 2.75) is 6.04 Å². The summed E-state index contributed by atoms with van der Waals surface area (Å²) < 4.78 is 4.09. The molecule has 2 aromatic heterocycles. The van der Waals surface area contributed by atoms with Crippen LogP contribution in [0.3, 0.4) is 0 Å². The van der Waals surface area contributed by atoms with Crippen molar-refractivity contribution in [2.75, 3.05) is 0 Å². The molecule has 0 N–H and O–H groups in total. The van der Waals surface area contributed by atoms with Gasteiger partial charge in [0.2, 0.25) is 0 Å². The third-order valence-electron chi connectivity index (χ3n) is 4.52. The summed E-state index contributed by atoms with van der Waals surface area (Å²) in [6, 6.07) is 13.3. The molecular formula is C21H16Cl3N3. The van der Waals surface area contributed by atoms with E-state index < -0.39 is 0 Å². The molecule has 0 aliphatic rings. The van der Waals surface area contributed by atoms with E-state index in [0.717, 1.165) is 22.3 Å². The van der Waals surface area contributed by atoms with Gasteiger partial charge in [0.25, 0.3) is 0 Å². The van der Waals surface area contributed by atoms with Crippen molar-refractivity contribution < 1.29 is 0 Å². The van der Waals surface area contributed by atoms with Crippen LogP contribution in [0.4, 0.5) is 0 Å². The summed E-state index contributed by atoms with van der Waals surface area (Å²) in [5.41, 5.74) is 4.27. The van der Waals surface area contributed by atoms with Crippen molar-refractivity contribution in [3.05, 3.63) is 99.8 Å². The summed E-state index contributed by atoms with van der Waals surface area (Å²) in [6.45, 7) is 0. The minimum Gasteiger partial charge on any atom is -0.356 e. The maximum atomic E-state index is 6.57. The first-order chi connectivity index (χ1) is 13.0. The van der Waals surface area contributed by atoms with E-state index in [1.165, 1.54) is 0 Å². The van der Waals surface area contributed by atoms with Gasteiger partial charge >= 0.3 is 0 Å². The van der Waals surface area contributed by atoms with Crippen molar-refractivity contribution in [1.29, 1.82) is 0 Å².